The highest BCUT2D eigenvalue weighted by molar-refractivity contribution is 7.79. The highest BCUT2D eigenvalue weighted by atomic mass is 32.1. The molecule has 0 spiro atoms. The molecule has 0 heterocycles. The van der Waals surface area contributed by atoms with Crippen molar-refractivity contribution in [2.75, 3.05) is 0 Å². The third-order valence-electron chi connectivity index (χ3n) is 1.95. The highest BCUT2D eigenvalue weighted by Gasteiger charge is 2.02. The molecule has 0 aromatic rings. The topological polar surface area (TPSA) is 0 Å². The zero-order valence-corrected chi connectivity index (χ0v) is 7.34. The Balaban J connectivity index is 2.76. The van der Waals surface area contributed by atoms with E-state index in [0.29, 0.717) is 0 Å². The maximum absolute atomic E-state index is 4.93. The Hall–Kier alpha value is -1.21. The van der Waals surface area contributed by atoms with Crippen molar-refractivity contribution in [1.82, 2.24) is 0 Å². The van der Waals surface area contributed by atoms with Crippen LogP contribution in [0.2, 0.25) is 0 Å². The monoisotopic (exact) mass is 172 g/mol. The van der Waals surface area contributed by atoms with E-state index in [4.69, 9.17) is 12.2 Å². The molecule has 2 rings (SSSR count). The second kappa shape index (κ2) is 3.03. The SMILES string of the molecule is S=Cc1ccccc2cccc1-2. The molecular weight excluding hydrogens is 164 g/mol. The second-order valence-corrected chi connectivity index (χ2v) is 2.92. The predicted octanol–water partition coefficient (Wildman–Crippen LogP) is 3.14. The Morgan fingerprint density at radius 3 is 2.50 bits per heavy atom. The van der Waals surface area contributed by atoms with Gasteiger partial charge in [0.1, 0.15) is 0 Å². The van der Waals surface area contributed by atoms with Gasteiger partial charge in [-0.15, -0.1) is 0 Å². The maximum atomic E-state index is 4.93. The van der Waals surface area contributed by atoms with E-state index in [1.54, 1.807) is 5.37 Å². The van der Waals surface area contributed by atoms with Gasteiger partial charge in [0.05, 0.1) is 0 Å². The van der Waals surface area contributed by atoms with Crippen molar-refractivity contribution in [2.24, 2.45) is 0 Å². The number of fused-ring (bicyclic) bond motifs is 1. The smallest absolute Gasteiger partial charge is 0.00923 e. The molecule has 0 aliphatic heterocycles. The summed E-state index contributed by atoms with van der Waals surface area (Å²) in [7, 11) is 0. The van der Waals surface area contributed by atoms with Crippen LogP contribution in [-0.4, -0.2) is 5.37 Å². The Morgan fingerprint density at radius 2 is 1.67 bits per heavy atom. The molecule has 0 amide bonds. The normalized spacial score (nSPS) is 10.0. The molecule has 0 unspecified atom stereocenters. The highest BCUT2D eigenvalue weighted by Crippen LogP contribution is 2.24. The summed E-state index contributed by atoms with van der Waals surface area (Å²) >= 11 is 4.93. The first-order chi connectivity index (χ1) is 5.92. The van der Waals surface area contributed by atoms with Crippen LogP contribution >= 0.6 is 12.2 Å². The molecule has 0 nitrogen and oxygen atoms in total. The summed E-state index contributed by atoms with van der Waals surface area (Å²) in [6, 6.07) is 14.4. The van der Waals surface area contributed by atoms with E-state index in [-0.39, 0.29) is 0 Å². The molecule has 1 heteroatoms. The van der Waals surface area contributed by atoms with Gasteiger partial charge in [-0.1, -0.05) is 54.7 Å². The lowest BCUT2D eigenvalue weighted by Crippen LogP contribution is -1.77. The van der Waals surface area contributed by atoms with E-state index < -0.39 is 0 Å². The van der Waals surface area contributed by atoms with E-state index in [1.807, 2.05) is 24.3 Å². The van der Waals surface area contributed by atoms with Crippen molar-refractivity contribution < 1.29 is 0 Å². The molecule has 0 bridgehead atoms. The number of hydrogen-bond donors (Lipinski definition) is 0. The number of hydrogen-bond acceptors (Lipinski definition) is 1. The van der Waals surface area contributed by atoms with Crippen LogP contribution in [0.3, 0.4) is 0 Å². The van der Waals surface area contributed by atoms with Crippen molar-refractivity contribution >= 4 is 17.6 Å². The first-order valence-electron chi connectivity index (χ1n) is 3.85. The first kappa shape index (κ1) is 7.44. The summed E-state index contributed by atoms with van der Waals surface area (Å²) < 4.78 is 0. The van der Waals surface area contributed by atoms with Gasteiger partial charge in [-0.3, -0.25) is 0 Å². The molecule has 0 saturated heterocycles. The van der Waals surface area contributed by atoms with Crippen LogP contribution in [0, 0.1) is 0 Å². The standard InChI is InChI=1S/C11H8S/c12-8-10-5-2-1-4-9-6-3-7-11(9)10/h1-8H. The van der Waals surface area contributed by atoms with Crippen LogP contribution in [0.5, 0.6) is 0 Å². The van der Waals surface area contributed by atoms with Gasteiger partial charge in [-0.2, -0.15) is 0 Å². The Kier molecular flexibility index (Phi) is 1.88. The van der Waals surface area contributed by atoms with Gasteiger partial charge in [-0.25, -0.2) is 0 Å². The molecule has 2 aliphatic carbocycles. The van der Waals surface area contributed by atoms with Gasteiger partial charge < -0.3 is 0 Å². The minimum atomic E-state index is 1.12. The average Bonchev–Trinajstić information content (AvgIpc) is 2.46. The van der Waals surface area contributed by atoms with Crippen molar-refractivity contribution in [3.63, 3.8) is 0 Å². The van der Waals surface area contributed by atoms with E-state index in [0.717, 1.165) is 5.56 Å². The number of rotatable bonds is 1. The minimum absolute atomic E-state index is 1.12. The second-order valence-electron chi connectivity index (χ2n) is 2.69. The molecule has 0 radical (unpaired) electrons. The lowest BCUT2D eigenvalue weighted by Gasteiger charge is -1.94. The van der Waals surface area contributed by atoms with Crippen LogP contribution in [0.15, 0.2) is 42.5 Å². The molecule has 0 atom stereocenters. The predicted molar refractivity (Wildman–Crippen MR) is 55.8 cm³/mol. The van der Waals surface area contributed by atoms with E-state index in [2.05, 4.69) is 18.2 Å². The maximum Gasteiger partial charge on any atom is 0.00923 e. The Labute approximate surface area is 77.2 Å². The van der Waals surface area contributed by atoms with E-state index >= 15 is 0 Å². The Bertz CT molecular complexity index is 379. The third kappa shape index (κ3) is 1.12. The molecule has 12 heavy (non-hydrogen) atoms. The van der Waals surface area contributed by atoms with Gasteiger partial charge in [0.25, 0.3) is 0 Å². The fraction of sp³-hybridized carbons (Fsp3) is 0. The summed E-state index contributed by atoms with van der Waals surface area (Å²) in [6.07, 6.45) is 0. The van der Waals surface area contributed by atoms with E-state index in [9.17, 15) is 0 Å². The van der Waals surface area contributed by atoms with Crippen molar-refractivity contribution in [2.45, 2.75) is 0 Å². The van der Waals surface area contributed by atoms with Crippen molar-refractivity contribution in [3.05, 3.63) is 48.0 Å². The minimum Gasteiger partial charge on any atom is -0.0881 e. The fourth-order valence-electron chi connectivity index (χ4n) is 1.35. The largest absolute Gasteiger partial charge is 0.0881 e. The molecule has 2 aliphatic rings. The first-order valence-corrected chi connectivity index (χ1v) is 4.32. The lowest BCUT2D eigenvalue weighted by atomic mass is 10.1. The van der Waals surface area contributed by atoms with Crippen LogP contribution in [0.4, 0.5) is 0 Å². The Morgan fingerprint density at radius 1 is 0.917 bits per heavy atom. The van der Waals surface area contributed by atoms with Gasteiger partial charge in [0, 0.05) is 5.37 Å². The van der Waals surface area contributed by atoms with Gasteiger partial charge in [0.15, 0.2) is 0 Å². The molecule has 0 fully saturated rings. The summed E-state index contributed by atoms with van der Waals surface area (Å²) in [5.41, 5.74) is 3.60. The summed E-state index contributed by atoms with van der Waals surface area (Å²) in [5, 5.41) is 1.72. The molecule has 0 N–H and O–H groups in total. The molecule has 0 aromatic carbocycles. The zero-order valence-electron chi connectivity index (χ0n) is 6.53. The quantitative estimate of drug-likeness (QED) is 0.595. The summed E-state index contributed by atoms with van der Waals surface area (Å²) in [4.78, 5) is 0. The third-order valence-corrected chi connectivity index (χ3v) is 2.20. The van der Waals surface area contributed by atoms with E-state index in [1.165, 1.54) is 11.1 Å². The molecular formula is C11H8S. The van der Waals surface area contributed by atoms with Gasteiger partial charge >= 0.3 is 0 Å². The van der Waals surface area contributed by atoms with Crippen LogP contribution in [0.1, 0.15) is 5.56 Å². The van der Waals surface area contributed by atoms with Crippen molar-refractivity contribution in [1.29, 1.82) is 0 Å². The average molecular weight is 172 g/mol. The van der Waals surface area contributed by atoms with Gasteiger partial charge in [0.2, 0.25) is 0 Å². The van der Waals surface area contributed by atoms with Crippen LogP contribution in [-0.2, 0) is 0 Å². The fourth-order valence-corrected chi connectivity index (χ4v) is 1.56. The van der Waals surface area contributed by atoms with Crippen LogP contribution in [0.25, 0.3) is 11.1 Å². The number of thiocarbonyl (C=S) groups is 1. The molecule has 0 saturated carbocycles. The molecule has 58 valence electrons. The summed E-state index contributed by atoms with van der Waals surface area (Å²) in [6.45, 7) is 0. The van der Waals surface area contributed by atoms with Crippen molar-refractivity contribution in [3.8, 4) is 11.1 Å². The van der Waals surface area contributed by atoms with Gasteiger partial charge in [-0.05, 0) is 16.7 Å². The zero-order chi connectivity index (χ0) is 8.39. The lowest BCUT2D eigenvalue weighted by molar-refractivity contribution is 1.81. The summed E-state index contributed by atoms with van der Waals surface area (Å²) in [5.74, 6) is 0. The van der Waals surface area contributed by atoms with Crippen LogP contribution < -0.4 is 0 Å². The molecule has 0 aromatic heterocycles.